The lowest BCUT2D eigenvalue weighted by Crippen LogP contribution is -2.35. The number of halogens is 2. The maximum Gasteiger partial charge on any atom is 0.243 e. The molecule has 0 saturated carbocycles. The number of amides is 1. The van der Waals surface area contributed by atoms with Crippen molar-refractivity contribution in [3.05, 3.63) is 58.3 Å². The van der Waals surface area contributed by atoms with Crippen LogP contribution >= 0.6 is 15.9 Å². The molecule has 0 aliphatic rings. The third-order valence-corrected chi connectivity index (χ3v) is 5.61. The second kappa shape index (κ2) is 7.42. The van der Waals surface area contributed by atoms with Gasteiger partial charge in [-0.1, -0.05) is 33.6 Å². The number of hydrogen-bond donors (Lipinski definition) is 1. The summed E-state index contributed by atoms with van der Waals surface area (Å²) in [5.41, 5.74) is 0.921. The molecule has 1 amide bonds. The van der Waals surface area contributed by atoms with E-state index in [1.807, 2.05) is 6.92 Å². The Bertz CT molecular complexity index is 854. The molecular weight excluding hydrogens is 399 g/mol. The second-order valence-corrected chi connectivity index (χ2v) is 8.21. The van der Waals surface area contributed by atoms with Gasteiger partial charge in [0.1, 0.15) is 5.82 Å². The van der Waals surface area contributed by atoms with Crippen molar-refractivity contribution < 1.29 is 17.6 Å². The maximum absolute atomic E-state index is 13.7. The van der Waals surface area contributed by atoms with Gasteiger partial charge in [0, 0.05) is 11.5 Å². The number of nitrogens with one attached hydrogen (secondary N) is 1. The van der Waals surface area contributed by atoms with E-state index in [2.05, 4.69) is 21.2 Å². The van der Waals surface area contributed by atoms with Crippen molar-refractivity contribution in [2.45, 2.75) is 11.8 Å². The van der Waals surface area contributed by atoms with E-state index in [-0.39, 0.29) is 10.6 Å². The summed E-state index contributed by atoms with van der Waals surface area (Å²) in [5, 5.41) is 2.36. The largest absolute Gasteiger partial charge is 0.322 e. The van der Waals surface area contributed by atoms with E-state index in [9.17, 15) is 17.6 Å². The van der Waals surface area contributed by atoms with Crippen molar-refractivity contribution in [2.75, 3.05) is 18.9 Å². The molecule has 24 heavy (non-hydrogen) atoms. The van der Waals surface area contributed by atoms with Gasteiger partial charge in [-0.25, -0.2) is 12.8 Å². The van der Waals surface area contributed by atoms with Crippen LogP contribution in [0.4, 0.5) is 10.1 Å². The number of anilines is 1. The lowest BCUT2D eigenvalue weighted by atomic mass is 10.2. The Morgan fingerprint density at radius 1 is 1.21 bits per heavy atom. The molecule has 2 rings (SSSR count). The second-order valence-electron chi connectivity index (χ2n) is 5.25. The molecule has 1 N–H and O–H groups in total. The number of hydrogen-bond acceptors (Lipinski definition) is 3. The Morgan fingerprint density at radius 2 is 1.83 bits per heavy atom. The van der Waals surface area contributed by atoms with Crippen molar-refractivity contribution in [3.8, 4) is 0 Å². The summed E-state index contributed by atoms with van der Waals surface area (Å²) in [6, 6.07) is 10.5. The number of nitrogens with zero attached hydrogens (tertiary/aromatic N) is 1. The van der Waals surface area contributed by atoms with Crippen molar-refractivity contribution in [2.24, 2.45) is 0 Å². The standard InChI is InChI=1S/C16H16BrFN2O3S/c1-11-3-6-13(7-4-11)24(22,23)20(2)10-16(21)19-15-8-5-12(17)9-14(15)18/h3-9H,10H2,1-2H3,(H,19,21). The van der Waals surface area contributed by atoms with Gasteiger partial charge < -0.3 is 5.32 Å². The van der Waals surface area contributed by atoms with E-state index in [1.54, 1.807) is 18.2 Å². The van der Waals surface area contributed by atoms with Crippen LogP contribution in [0.25, 0.3) is 0 Å². The summed E-state index contributed by atoms with van der Waals surface area (Å²) in [6.07, 6.45) is 0. The molecule has 2 aromatic rings. The summed E-state index contributed by atoms with van der Waals surface area (Å²) in [7, 11) is -2.49. The first-order valence-corrected chi connectivity index (χ1v) is 9.21. The summed E-state index contributed by atoms with van der Waals surface area (Å²) in [5.74, 6) is -1.24. The summed E-state index contributed by atoms with van der Waals surface area (Å²) < 4.78 is 40.0. The molecule has 2 aromatic carbocycles. The van der Waals surface area contributed by atoms with Crippen molar-refractivity contribution in [1.29, 1.82) is 0 Å². The fourth-order valence-corrected chi connectivity index (χ4v) is 3.42. The third kappa shape index (κ3) is 4.40. The fraction of sp³-hybridized carbons (Fsp3) is 0.188. The Labute approximate surface area is 148 Å². The molecule has 0 atom stereocenters. The Morgan fingerprint density at radius 3 is 2.42 bits per heavy atom. The van der Waals surface area contributed by atoms with Gasteiger partial charge in [0.15, 0.2) is 0 Å². The first kappa shape index (κ1) is 18.6. The van der Waals surface area contributed by atoms with E-state index in [0.29, 0.717) is 4.47 Å². The number of aryl methyl sites for hydroxylation is 1. The lowest BCUT2D eigenvalue weighted by Gasteiger charge is -2.17. The first-order chi connectivity index (χ1) is 11.2. The molecule has 0 unspecified atom stereocenters. The number of sulfonamides is 1. The SMILES string of the molecule is Cc1ccc(S(=O)(=O)N(C)CC(=O)Nc2ccc(Br)cc2F)cc1. The number of carbonyl (C=O) groups is 1. The van der Waals surface area contributed by atoms with E-state index in [0.717, 1.165) is 9.87 Å². The molecule has 0 fully saturated rings. The van der Waals surface area contributed by atoms with Gasteiger partial charge in [-0.3, -0.25) is 4.79 Å². The van der Waals surface area contributed by atoms with Crippen LogP contribution in [-0.2, 0) is 14.8 Å². The highest BCUT2D eigenvalue weighted by molar-refractivity contribution is 9.10. The average Bonchev–Trinajstić information content (AvgIpc) is 2.50. The zero-order valence-corrected chi connectivity index (χ0v) is 15.5. The Hall–Kier alpha value is -1.77. The van der Waals surface area contributed by atoms with Gasteiger partial charge >= 0.3 is 0 Å². The monoisotopic (exact) mass is 414 g/mol. The van der Waals surface area contributed by atoms with Crippen molar-refractivity contribution >= 4 is 37.5 Å². The van der Waals surface area contributed by atoms with Crippen LogP contribution in [0, 0.1) is 12.7 Å². The maximum atomic E-state index is 13.7. The van der Waals surface area contributed by atoms with Crippen molar-refractivity contribution in [3.63, 3.8) is 0 Å². The minimum atomic E-state index is -3.79. The quantitative estimate of drug-likeness (QED) is 0.816. The summed E-state index contributed by atoms with van der Waals surface area (Å²) >= 11 is 3.12. The van der Waals surface area contributed by atoms with Crippen LogP contribution in [0.15, 0.2) is 51.8 Å². The van der Waals surface area contributed by atoms with Gasteiger partial charge in [0.05, 0.1) is 17.1 Å². The smallest absolute Gasteiger partial charge is 0.243 e. The van der Waals surface area contributed by atoms with Crippen LogP contribution in [0.5, 0.6) is 0 Å². The highest BCUT2D eigenvalue weighted by Gasteiger charge is 2.23. The van der Waals surface area contributed by atoms with Gasteiger partial charge in [-0.2, -0.15) is 4.31 Å². The lowest BCUT2D eigenvalue weighted by molar-refractivity contribution is -0.116. The predicted molar refractivity (Wildman–Crippen MR) is 93.7 cm³/mol. The van der Waals surface area contributed by atoms with E-state index < -0.39 is 28.3 Å². The molecule has 5 nitrogen and oxygen atoms in total. The molecule has 0 aliphatic carbocycles. The number of benzene rings is 2. The highest BCUT2D eigenvalue weighted by atomic mass is 79.9. The summed E-state index contributed by atoms with van der Waals surface area (Å²) in [6.45, 7) is 1.42. The molecule has 0 aliphatic heterocycles. The van der Waals surface area contributed by atoms with Gasteiger partial charge in [0.2, 0.25) is 15.9 Å². The number of rotatable bonds is 5. The molecule has 0 radical (unpaired) electrons. The first-order valence-electron chi connectivity index (χ1n) is 6.98. The van der Waals surface area contributed by atoms with E-state index in [1.165, 1.54) is 31.3 Å². The minimum absolute atomic E-state index is 0.00988. The normalized spacial score (nSPS) is 11.5. The topological polar surface area (TPSA) is 66.5 Å². The fourth-order valence-electron chi connectivity index (χ4n) is 1.96. The zero-order chi connectivity index (χ0) is 17.9. The Balaban J connectivity index is 2.09. The molecule has 0 bridgehead atoms. The molecule has 0 saturated heterocycles. The van der Waals surface area contributed by atoms with Crippen molar-refractivity contribution in [1.82, 2.24) is 4.31 Å². The van der Waals surface area contributed by atoms with Gasteiger partial charge in [0.25, 0.3) is 0 Å². The van der Waals surface area contributed by atoms with Crippen LogP contribution in [-0.4, -0.2) is 32.2 Å². The van der Waals surface area contributed by atoms with E-state index in [4.69, 9.17) is 0 Å². The highest BCUT2D eigenvalue weighted by Crippen LogP contribution is 2.20. The average molecular weight is 415 g/mol. The predicted octanol–water partition coefficient (Wildman–Crippen LogP) is 3.16. The molecule has 0 heterocycles. The summed E-state index contributed by atoms with van der Waals surface area (Å²) in [4.78, 5) is 12.1. The van der Waals surface area contributed by atoms with Crippen LogP contribution < -0.4 is 5.32 Å². The molecule has 8 heteroatoms. The number of likely N-dealkylation sites (N-methyl/N-ethyl adjacent to an activating group) is 1. The molecular formula is C16H16BrFN2O3S. The van der Waals surface area contributed by atoms with Gasteiger partial charge in [-0.05, 0) is 37.3 Å². The number of carbonyl (C=O) groups excluding carboxylic acids is 1. The van der Waals surface area contributed by atoms with Gasteiger partial charge in [-0.15, -0.1) is 0 Å². The zero-order valence-electron chi connectivity index (χ0n) is 13.1. The minimum Gasteiger partial charge on any atom is -0.322 e. The van der Waals surface area contributed by atoms with E-state index >= 15 is 0 Å². The Kier molecular flexibility index (Phi) is 5.74. The molecule has 0 aromatic heterocycles. The third-order valence-electron chi connectivity index (χ3n) is 3.30. The van der Waals surface area contributed by atoms with Crippen LogP contribution in [0.1, 0.15) is 5.56 Å². The van der Waals surface area contributed by atoms with Crippen LogP contribution in [0.2, 0.25) is 0 Å². The van der Waals surface area contributed by atoms with Crippen LogP contribution in [0.3, 0.4) is 0 Å². The molecule has 0 spiro atoms. The molecule has 128 valence electrons.